The van der Waals surface area contributed by atoms with Crippen molar-refractivity contribution in [2.45, 2.75) is 33.4 Å². The Labute approximate surface area is 122 Å². The van der Waals surface area contributed by atoms with Gasteiger partial charge in [0, 0.05) is 23.8 Å². The minimum atomic E-state index is 0.252. The van der Waals surface area contributed by atoms with Crippen LogP contribution in [0.2, 0.25) is 0 Å². The summed E-state index contributed by atoms with van der Waals surface area (Å²) in [7, 11) is 0. The lowest BCUT2D eigenvalue weighted by molar-refractivity contribution is 0.561. The van der Waals surface area contributed by atoms with Gasteiger partial charge in [0.05, 0.1) is 17.4 Å². The number of aromatic nitrogens is 3. The first-order valence-corrected chi connectivity index (χ1v) is 7.61. The van der Waals surface area contributed by atoms with E-state index < -0.39 is 0 Å². The van der Waals surface area contributed by atoms with Gasteiger partial charge in [-0.2, -0.15) is 0 Å². The number of nitrogens with one attached hydrogen (secondary N) is 1. The molecule has 4 nitrogen and oxygen atoms in total. The van der Waals surface area contributed by atoms with Crippen molar-refractivity contribution in [2.75, 3.05) is 0 Å². The van der Waals surface area contributed by atoms with Crippen LogP contribution in [0.3, 0.4) is 0 Å². The Morgan fingerprint density at radius 3 is 2.90 bits per heavy atom. The number of imidazole rings is 1. The first-order valence-electron chi connectivity index (χ1n) is 6.73. The number of nitrogens with zero attached hydrogens (tertiary/aromatic N) is 3. The minimum Gasteiger partial charge on any atom is -0.302 e. The summed E-state index contributed by atoms with van der Waals surface area (Å²) in [5.41, 5.74) is 4.37. The zero-order chi connectivity index (χ0) is 14.1. The van der Waals surface area contributed by atoms with E-state index in [0.717, 1.165) is 28.6 Å². The van der Waals surface area contributed by atoms with Crippen molar-refractivity contribution < 1.29 is 0 Å². The highest BCUT2D eigenvalue weighted by molar-refractivity contribution is 7.09. The lowest BCUT2D eigenvalue weighted by Crippen LogP contribution is -2.19. The van der Waals surface area contributed by atoms with Crippen molar-refractivity contribution in [3.05, 3.63) is 51.9 Å². The molecule has 5 heteroatoms. The van der Waals surface area contributed by atoms with E-state index in [1.165, 1.54) is 5.69 Å². The van der Waals surface area contributed by atoms with Crippen LogP contribution in [0.4, 0.5) is 0 Å². The maximum absolute atomic E-state index is 4.58. The zero-order valence-electron chi connectivity index (χ0n) is 11.9. The lowest BCUT2D eigenvalue weighted by atomic mass is 10.3. The third-order valence-electron chi connectivity index (χ3n) is 3.41. The van der Waals surface area contributed by atoms with Crippen LogP contribution in [0.1, 0.15) is 35.1 Å². The van der Waals surface area contributed by atoms with E-state index in [0.29, 0.717) is 0 Å². The van der Waals surface area contributed by atoms with Gasteiger partial charge in [-0.1, -0.05) is 6.07 Å². The summed E-state index contributed by atoms with van der Waals surface area (Å²) in [6.07, 6.45) is 2.06. The number of thiazole rings is 1. The van der Waals surface area contributed by atoms with Gasteiger partial charge in [-0.3, -0.25) is 0 Å². The fourth-order valence-corrected chi connectivity index (χ4v) is 3.11. The fourth-order valence-electron chi connectivity index (χ4n) is 2.29. The summed E-state index contributed by atoms with van der Waals surface area (Å²) < 4.78 is 2.14. The van der Waals surface area contributed by atoms with E-state index in [1.807, 2.05) is 25.1 Å². The summed E-state index contributed by atoms with van der Waals surface area (Å²) in [6.45, 7) is 7.03. The van der Waals surface area contributed by atoms with E-state index in [2.05, 4.69) is 45.1 Å². The van der Waals surface area contributed by atoms with Gasteiger partial charge in [0.15, 0.2) is 0 Å². The zero-order valence-corrected chi connectivity index (χ0v) is 12.7. The molecule has 3 aromatic rings. The van der Waals surface area contributed by atoms with E-state index in [4.69, 9.17) is 0 Å². The van der Waals surface area contributed by atoms with Gasteiger partial charge < -0.3 is 9.72 Å². The number of aryl methyl sites for hydroxylation is 2. The highest BCUT2D eigenvalue weighted by Gasteiger charge is 2.12. The summed E-state index contributed by atoms with van der Waals surface area (Å²) in [5.74, 6) is 0. The number of fused-ring (bicyclic) bond motifs is 1. The van der Waals surface area contributed by atoms with E-state index in [1.54, 1.807) is 11.3 Å². The Hall–Kier alpha value is -1.72. The monoisotopic (exact) mass is 286 g/mol. The van der Waals surface area contributed by atoms with Crippen LogP contribution in [0, 0.1) is 13.8 Å². The molecule has 3 aromatic heterocycles. The van der Waals surface area contributed by atoms with Crippen LogP contribution in [-0.4, -0.2) is 14.4 Å². The number of hydrogen-bond acceptors (Lipinski definition) is 4. The van der Waals surface area contributed by atoms with Crippen LogP contribution in [-0.2, 0) is 6.54 Å². The summed E-state index contributed by atoms with van der Waals surface area (Å²) >= 11 is 1.71. The Morgan fingerprint density at radius 1 is 1.30 bits per heavy atom. The summed E-state index contributed by atoms with van der Waals surface area (Å²) in [5, 5.41) is 6.76. The number of rotatable bonds is 4. The Bertz CT molecular complexity index is 728. The van der Waals surface area contributed by atoms with E-state index in [-0.39, 0.29) is 6.04 Å². The van der Waals surface area contributed by atoms with Gasteiger partial charge in [0.2, 0.25) is 0 Å². The van der Waals surface area contributed by atoms with Gasteiger partial charge in [0.1, 0.15) is 10.7 Å². The van der Waals surface area contributed by atoms with Crippen molar-refractivity contribution in [3.8, 4) is 0 Å². The average molecular weight is 286 g/mol. The van der Waals surface area contributed by atoms with Crippen LogP contribution < -0.4 is 5.32 Å². The first-order chi connectivity index (χ1) is 9.65. The van der Waals surface area contributed by atoms with E-state index in [9.17, 15) is 0 Å². The third-order valence-corrected chi connectivity index (χ3v) is 4.56. The van der Waals surface area contributed by atoms with Crippen molar-refractivity contribution in [1.29, 1.82) is 0 Å². The predicted octanol–water partition coefficient (Wildman–Crippen LogP) is 3.26. The Kier molecular flexibility index (Phi) is 3.54. The van der Waals surface area contributed by atoms with Crippen molar-refractivity contribution in [3.63, 3.8) is 0 Å². The normalized spacial score (nSPS) is 12.9. The largest absolute Gasteiger partial charge is 0.302 e. The van der Waals surface area contributed by atoms with Crippen molar-refractivity contribution in [1.82, 2.24) is 19.7 Å². The molecule has 1 N–H and O–H groups in total. The minimum absolute atomic E-state index is 0.252. The van der Waals surface area contributed by atoms with Crippen LogP contribution in [0.25, 0.3) is 5.65 Å². The van der Waals surface area contributed by atoms with Crippen molar-refractivity contribution in [2.24, 2.45) is 0 Å². The summed E-state index contributed by atoms with van der Waals surface area (Å²) in [6, 6.07) is 6.33. The van der Waals surface area contributed by atoms with Gasteiger partial charge in [-0.15, -0.1) is 11.3 Å². The molecule has 20 heavy (non-hydrogen) atoms. The van der Waals surface area contributed by atoms with Crippen LogP contribution >= 0.6 is 11.3 Å². The highest BCUT2D eigenvalue weighted by Crippen LogP contribution is 2.19. The Morgan fingerprint density at radius 2 is 2.15 bits per heavy atom. The molecule has 104 valence electrons. The molecule has 0 aliphatic carbocycles. The van der Waals surface area contributed by atoms with Gasteiger partial charge in [-0.05, 0) is 32.9 Å². The maximum Gasteiger partial charge on any atom is 0.137 e. The predicted molar refractivity (Wildman–Crippen MR) is 82.0 cm³/mol. The second-order valence-electron chi connectivity index (χ2n) is 5.00. The van der Waals surface area contributed by atoms with Crippen molar-refractivity contribution >= 4 is 17.0 Å². The van der Waals surface area contributed by atoms with Gasteiger partial charge in [0.25, 0.3) is 0 Å². The SMILES string of the molecule is Cc1csc(C(C)NCc2c(C)nc3ccccn23)n1. The molecule has 0 saturated carbocycles. The number of hydrogen-bond donors (Lipinski definition) is 1. The molecule has 0 aliphatic rings. The fraction of sp³-hybridized carbons (Fsp3) is 0.333. The van der Waals surface area contributed by atoms with Crippen LogP contribution in [0.15, 0.2) is 29.8 Å². The highest BCUT2D eigenvalue weighted by atomic mass is 32.1. The van der Waals surface area contributed by atoms with E-state index >= 15 is 0 Å². The smallest absolute Gasteiger partial charge is 0.137 e. The lowest BCUT2D eigenvalue weighted by Gasteiger charge is -2.11. The second-order valence-corrected chi connectivity index (χ2v) is 5.89. The molecule has 3 heterocycles. The molecule has 0 fully saturated rings. The molecule has 0 bridgehead atoms. The molecule has 0 spiro atoms. The van der Waals surface area contributed by atoms with Gasteiger partial charge >= 0.3 is 0 Å². The molecule has 0 saturated heterocycles. The number of pyridine rings is 1. The quantitative estimate of drug-likeness (QED) is 0.800. The molecular weight excluding hydrogens is 268 g/mol. The first kappa shape index (κ1) is 13.3. The molecular formula is C15H18N4S. The molecule has 3 rings (SSSR count). The summed E-state index contributed by atoms with van der Waals surface area (Å²) in [4.78, 5) is 9.11. The maximum atomic E-state index is 4.58. The molecule has 0 radical (unpaired) electrons. The Balaban J connectivity index is 1.78. The molecule has 0 amide bonds. The molecule has 0 aromatic carbocycles. The molecule has 1 unspecified atom stereocenters. The average Bonchev–Trinajstić information content (AvgIpc) is 2.99. The van der Waals surface area contributed by atoms with Gasteiger partial charge in [-0.25, -0.2) is 9.97 Å². The molecule has 0 aliphatic heterocycles. The standard InChI is InChI=1S/C15H18N4S/c1-10-9-20-15(17-10)12(3)16-8-13-11(2)18-14-6-4-5-7-19(13)14/h4-7,9,12,16H,8H2,1-3H3. The third kappa shape index (κ3) is 2.46. The second kappa shape index (κ2) is 5.34. The molecule has 1 atom stereocenters. The van der Waals surface area contributed by atoms with Crippen LogP contribution in [0.5, 0.6) is 0 Å². The topological polar surface area (TPSA) is 42.2 Å².